The van der Waals surface area contributed by atoms with Crippen LogP contribution in [0.5, 0.6) is 5.75 Å². The van der Waals surface area contributed by atoms with Gasteiger partial charge in [0.25, 0.3) is 5.91 Å². The van der Waals surface area contributed by atoms with Crippen molar-refractivity contribution in [2.75, 3.05) is 19.7 Å². The average Bonchev–Trinajstić information content (AvgIpc) is 2.37. The van der Waals surface area contributed by atoms with Crippen LogP contribution in [0.1, 0.15) is 12.8 Å². The molecule has 0 saturated carbocycles. The predicted molar refractivity (Wildman–Crippen MR) is 75.7 cm³/mol. The molecular weight excluding hydrogens is 287 g/mol. The lowest BCUT2D eigenvalue weighted by Crippen LogP contribution is -2.47. The summed E-state index contributed by atoms with van der Waals surface area (Å²) in [4.78, 5) is 13.7. The SMILES string of the molecule is N[C@H]1CCCN(C(=O)COc2ccc(Cl)cc2Cl)C1. The van der Waals surface area contributed by atoms with Crippen LogP contribution in [-0.2, 0) is 4.79 Å². The van der Waals surface area contributed by atoms with E-state index in [4.69, 9.17) is 33.7 Å². The maximum Gasteiger partial charge on any atom is 0.260 e. The highest BCUT2D eigenvalue weighted by Crippen LogP contribution is 2.27. The first-order valence-corrected chi connectivity index (χ1v) is 6.93. The van der Waals surface area contributed by atoms with Gasteiger partial charge >= 0.3 is 0 Å². The monoisotopic (exact) mass is 302 g/mol. The minimum absolute atomic E-state index is 0.0337. The molecule has 19 heavy (non-hydrogen) atoms. The van der Waals surface area contributed by atoms with Gasteiger partial charge in [0, 0.05) is 24.2 Å². The maximum atomic E-state index is 12.0. The number of rotatable bonds is 3. The van der Waals surface area contributed by atoms with Gasteiger partial charge in [0.1, 0.15) is 5.75 Å². The van der Waals surface area contributed by atoms with E-state index in [1.165, 1.54) is 0 Å². The molecule has 0 unspecified atom stereocenters. The number of benzene rings is 1. The number of carbonyl (C=O) groups excluding carboxylic acids is 1. The summed E-state index contributed by atoms with van der Waals surface area (Å²) in [6, 6.07) is 4.97. The highest BCUT2D eigenvalue weighted by Gasteiger charge is 2.21. The lowest BCUT2D eigenvalue weighted by Gasteiger charge is -2.30. The molecule has 6 heteroatoms. The van der Waals surface area contributed by atoms with E-state index in [1.807, 2.05) is 0 Å². The Morgan fingerprint density at radius 1 is 1.47 bits per heavy atom. The van der Waals surface area contributed by atoms with Gasteiger partial charge in [0.2, 0.25) is 0 Å². The van der Waals surface area contributed by atoms with Crippen LogP contribution in [-0.4, -0.2) is 36.5 Å². The fraction of sp³-hybridized carbons (Fsp3) is 0.462. The molecule has 1 amide bonds. The second-order valence-corrected chi connectivity index (χ2v) is 5.45. The van der Waals surface area contributed by atoms with Crippen molar-refractivity contribution < 1.29 is 9.53 Å². The lowest BCUT2D eigenvalue weighted by molar-refractivity contribution is -0.134. The summed E-state index contributed by atoms with van der Waals surface area (Å²) in [6.45, 7) is 1.30. The second kappa shape index (κ2) is 6.46. The second-order valence-electron chi connectivity index (χ2n) is 4.61. The number of hydrogen-bond acceptors (Lipinski definition) is 3. The summed E-state index contributed by atoms with van der Waals surface area (Å²) in [5.74, 6) is 0.391. The number of ether oxygens (including phenoxy) is 1. The zero-order chi connectivity index (χ0) is 13.8. The van der Waals surface area contributed by atoms with Crippen LogP contribution in [0.2, 0.25) is 10.0 Å². The molecule has 1 aromatic carbocycles. The summed E-state index contributed by atoms with van der Waals surface area (Å²) in [7, 11) is 0. The molecule has 1 heterocycles. The normalized spacial score (nSPS) is 19.3. The number of nitrogens with zero attached hydrogens (tertiary/aromatic N) is 1. The van der Waals surface area contributed by atoms with Gasteiger partial charge in [-0.25, -0.2) is 0 Å². The van der Waals surface area contributed by atoms with Gasteiger partial charge < -0.3 is 15.4 Å². The molecule has 104 valence electrons. The van der Waals surface area contributed by atoms with Gasteiger partial charge in [-0.05, 0) is 31.0 Å². The van der Waals surface area contributed by atoms with Crippen molar-refractivity contribution in [3.05, 3.63) is 28.2 Å². The molecular formula is C13H16Cl2N2O2. The molecule has 1 atom stereocenters. The zero-order valence-corrected chi connectivity index (χ0v) is 12.0. The van der Waals surface area contributed by atoms with E-state index in [0.717, 1.165) is 19.4 Å². The number of likely N-dealkylation sites (tertiary alicyclic amines) is 1. The Bertz CT molecular complexity index is 468. The van der Waals surface area contributed by atoms with Gasteiger partial charge in [-0.15, -0.1) is 0 Å². The third-order valence-corrected chi connectivity index (χ3v) is 3.59. The quantitative estimate of drug-likeness (QED) is 0.932. The van der Waals surface area contributed by atoms with Gasteiger partial charge in [-0.2, -0.15) is 0 Å². The number of nitrogens with two attached hydrogens (primary N) is 1. The Kier molecular flexibility index (Phi) is 4.91. The minimum atomic E-state index is -0.0684. The first-order valence-electron chi connectivity index (χ1n) is 6.17. The predicted octanol–water partition coefficient (Wildman–Crippen LogP) is 2.32. The van der Waals surface area contributed by atoms with Gasteiger partial charge in [-0.3, -0.25) is 4.79 Å². The molecule has 0 bridgehead atoms. The molecule has 0 aromatic heterocycles. The van der Waals surface area contributed by atoms with E-state index in [0.29, 0.717) is 22.3 Å². The van der Waals surface area contributed by atoms with E-state index < -0.39 is 0 Å². The van der Waals surface area contributed by atoms with Gasteiger partial charge in [0.15, 0.2) is 6.61 Å². The van der Waals surface area contributed by atoms with Crippen LogP contribution in [0.15, 0.2) is 18.2 Å². The summed E-state index contributed by atoms with van der Waals surface area (Å²) in [6.07, 6.45) is 1.91. The third kappa shape index (κ3) is 4.00. The first kappa shape index (κ1) is 14.4. The van der Waals surface area contributed by atoms with Crippen molar-refractivity contribution in [3.8, 4) is 5.75 Å². The summed E-state index contributed by atoms with van der Waals surface area (Å²) in [5.41, 5.74) is 5.84. The molecule has 1 fully saturated rings. The summed E-state index contributed by atoms with van der Waals surface area (Å²) < 4.78 is 5.42. The summed E-state index contributed by atoms with van der Waals surface area (Å²) >= 11 is 11.8. The molecule has 4 nitrogen and oxygen atoms in total. The average molecular weight is 303 g/mol. The molecule has 1 aliphatic rings. The minimum Gasteiger partial charge on any atom is -0.482 e. The molecule has 0 spiro atoms. The molecule has 0 radical (unpaired) electrons. The first-order chi connectivity index (χ1) is 9.06. The number of piperidine rings is 1. The fourth-order valence-electron chi connectivity index (χ4n) is 2.06. The van der Waals surface area contributed by atoms with Crippen LogP contribution in [0, 0.1) is 0 Å². The third-order valence-electron chi connectivity index (χ3n) is 3.06. The van der Waals surface area contributed by atoms with Crippen molar-refractivity contribution in [1.82, 2.24) is 4.90 Å². The Balaban J connectivity index is 1.89. The highest BCUT2D eigenvalue weighted by molar-refractivity contribution is 6.35. The van der Waals surface area contributed by atoms with E-state index in [2.05, 4.69) is 0 Å². The van der Waals surface area contributed by atoms with Crippen LogP contribution in [0.3, 0.4) is 0 Å². The number of halogens is 2. The molecule has 2 N–H and O–H groups in total. The van der Waals surface area contributed by atoms with Crippen LogP contribution >= 0.6 is 23.2 Å². The van der Waals surface area contributed by atoms with E-state index >= 15 is 0 Å². The maximum absolute atomic E-state index is 12.0. The number of amides is 1. The molecule has 1 saturated heterocycles. The van der Waals surface area contributed by atoms with Crippen molar-refractivity contribution in [1.29, 1.82) is 0 Å². The van der Waals surface area contributed by atoms with Gasteiger partial charge in [-0.1, -0.05) is 23.2 Å². The van der Waals surface area contributed by atoms with Crippen LogP contribution < -0.4 is 10.5 Å². The highest BCUT2D eigenvalue weighted by atomic mass is 35.5. The standard InChI is InChI=1S/C13H16Cl2N2O2/c14-9-3-4-12(11(15)6-9)19-8-13(18)17-5-1-2-10(16)7-17/h3-4,6,10H,1-2,5,7-8,16H2/t10-/m0/s1. The van der Waals surface area contributed by atoms with E-state index in [1.54, 1.807) is 23.1 Å². The van der Waals surface area contributed by atoms with Crippen molar-refractivity contribution >= 4 is 29.1 Å². The van der Waals surface area contributed by atoms with Crippen LogP contribution in [0.25, 0.3) is 0 Å². The van der Waals surface area contributed by atoms with Crippen molar-refractivity contribution in [2.24, 2.45) is 5.73 Å². The Morgan fingerprint density at radius 2 is 2.26 bits per heavy atom. The molecule has 2 rings (SSSR count). The molecule has 0 aliphatic carbocycles. The number of carbonyl (C=O) groups is 1. The smallest absolute Gasteiger partial charge is 0.260 e. The summed E-state index contributed by atoms with van der Waals surface area (Å²) in [5, 5.41) is 0.932. The zero-order valence-electron chi connectivity index (χ0n) is 10.4. The van der Waals surface area contributed by atoms with E-state index in [-0.39, 0.29) is 18.6 Å². The van der Waals surface area contributed by atoms with Crippen LogP contribution in [0.4, 0.5) is 0 Å². The fourth-order valence-corrected chi connectivity index (χ4v) is 2.52. The van der Waals surface area contributed by atoms with Crippen molar-refractivity contribution in [2.45, 2.75) is 18.9 Å². The van der Waals surface area contributed by atoms with Crippen molar-refractivity contribution in [3.63, 3.8) is 0 Å². The Morgan fingerprint density at radius 3 is 2.95 bits per heavy atom. The molecule has 1 aliphatic heterocycles. The molecule has 1 aromatic rings. The Labute approximate surface area is 122 Å². The van der Waals surface area contributed by atoms with Gasteiger partial charge in [0.05, 0.1) is 5.02 Å². The Hall–Kier alpha value is -0.970. The topological polar surface area (TPSA) is 55.6 Å². The number of hydrogen-bond donors (Lipinski definition) is 1. The lowest BCUT2D eigenvalue weighted by atomic mass is 10.1. The largest absolute Gasteiger partial charge is 0.482 e. The van der Waals surface area contributed by atoms with E-state index in [9.17, 15) is 4.79 Å².